The number of anilines is 3. The highest BCUT2D eigenvalue weighted by atomic mass is 16.1. The number of nitrogens with one attached hydrogen (secondary N) is 2. The minimum absolute atomic E-state index is 0.158. The summed E-state index contributed by atoms with van der Waals surface area (Å²) in [5.41, 5.74) is 6.14. The van der Waals surface area contributed by atoms with Gasteiger partial charge in [-0.25, -0.2) is 9.97 Å². The van der Waals surface area contributed by atoms with E-state index in [0.717, 1.165) is 47.8 Å². The average Bonchev–Trinajstić information content (AvgIpc) is 3.40. The topological polar surface area (TPSA) is 83.0 Å². The summed E-state index contributed by atoms with van der Waals surface area (Å²) < 4.78 is 0. The van der Waals surface area contributed by atoms with Crippen molar-refractivity contribution in [2.75, 3.05) is 30.3 Å². The van der Waals surface area contributed by atoms with Crippen molar-refractivity contribution >= 4 is 23.2 Å². The molecule has 0 aliphatic carbocycles. The van der Waals surface area contributed by atoms with E-state index < -0.39 is 0 Å². The number of amides is 1. The Balaban J connectivity index is 1.27. The molecular weight excluding hydrogens is 448 g/mol. The summed E-state index contributed by atoms with van der Waals surface area (Å²) in [6.45, 7) is 7.55. The number of aryl methyl sites for hydroxylation is 1. The monoisotopic (exact) mass is 478 g/mol. The van der Waals surface area contributed by atoms with Gasteiger partial charge < -0.3 is 15.5 Å². The molecule has 2 aromatic heterocycles. The number of carbonyl (C=O) groups excluding carboxylic acids is 1. The molecule has 0 bridgehead atoms. The van der Waals surface area contributed by atoms with E-state index in [1.165, 1.54) is 12.0 Å². The van der Waals surface area contributed by atoms with E-state index in [1.54, 1.807) is 18.6 Å². The van der Waals surface area contributed by atoms with Crippen molar-refractivity contribution in [1.82, 2.24) is 19.9 Å². The molecule has 0 spiro atoms. The van der Waals surface area contributed by atoms with E-state index in [2.05, 4.69) is 49.5 Å². The van der Waals surface area contributed by atoms with Crippen molar-refractivity contribution in [1.29, 1.82) is 0 Å². The lowest BCUT2D eigenvalue weighted by atomic mass is 9.98. The van der Waals surface area contributed by atoms with E-state index in [0.29, 0.717) is 17.4 Å². The molecule has 1 atom stereocenters. The second-order valence-electron chi connectivity index (χ2n) is 9.12. The van der Waals surface area contributed by atoms with E-state index in [-0.39, 0.29) is 5.91 Å². The molecule has 2 aromatic carbocycles. The minimum atomic E-state index is -0.158. The molecule has 5 rings (SSSR count). The van der Waals surface area contributed by atoms with Crippen LogP contribution >= 0.6 is 0 Å². The van der Waals surface area contributed by atoms with Crippen molar-refractivity contribution in [2.45, 2.75) is 26.2 Å². The highest BCUT2D eigenvalue weighted by Gasteiger charge is 2.22. The summed E-state index contributed by atoms with van der Waals surface area (Å²) in [5, 5.41) is 6.28. The molecule has 3 heterocycles. The maximum atomic E-state index is 13.0. The van der Waals surface area contributed by atoms with Gasteiger partial charge in [0.25, 0.3) is 5.91 Å². The molecule has 1 saturated heterocycles. The molecule has 7 heteroatoms. The lowest BCUT2D eigenvalue weighted by Gasteiger charge is -2.14. The Kier molecular flexibility index (Phi) is 7.00. The number of pyridine rings is 1. The molecule has 182 valence electrons. The van der Waals surface area contributed by atoms with Gasteiger partial charge in [0.2, 0.25) is 5.95 Å². The van der Waals surface area contributed by atoms with E-state index in [4.69, 9.17) is 0 Å². The Morgan fingerprint density at radius 3 is 2.69 bits per heavy atom. The largest absolute Gasteiger partial charge is 0.324 e. The molecule has 7 nitrogen and oxygen atoms in total. The molecule has 0 radical (unpaired) electrons. The van der Waals surface area contributed by atoms with Crippen LogP contribution in [-0.2, 0) is 0 Å². The van der Waals surface area contributed by atoms with E-state index in [9.17, 15) is 4.79 Å². The third kappa shape index (κ3) is 5.42. The molecule has 1 aliphatic rings. The number of benzene rings is 2. The lowest BCUT2D eigenvalue weighted by molar-refractivity contribution is 0.102. The van der Waals surface area contributed by atoms with Crippen molar-refractivity contribution in [2.24, 2.45) is 0 Å². The summed E-state index contributed by atoms with van der Waals surface area (Å²) >= 11 is 0. The maximum absolute atomic E-state index is 13.0. The van der Waals surface area contributed by atoms with Gasteiger partial charge in [0.05, 0.1) is 5.69 Å². The van der Waals surface area contributed by atoms with Crippen molar-refractivity contribution < 1.29 is 4.79 Å². The number of likely N-dealkylation sites (N-methyl/N-ethyl adjacent to an activating group) is 1. The van der Waals surface area contributed by atoms with Crippen molar-refractivity contribution in [3.8, 4) is 11.3 Å². The first-order chi connectivity index (χ1) is 17.6. The fourth-order valence-electron chi connectivity index (χ4n) is 4.55. The first kappa shape index (κ1) is 23.6. The van der Waals surface area contributed by atoms with Crippen LogP contribution in [0.3, 0.4) is 0 Å². The summed E-state index contributed by atoms with van der Waals surface area (Å²) in [5.74, 6) is 0.870. The predicted molar refractivity (Wildman–Crippen MR) is 144 cm³/mol. The molecule has 1 unspecified atom stereocenters. The van der Waals surface area contributed by atoms with Gasteiger partial charge in [-0.2, -0.15) is 0 Å². The lowest BCUT2D eigenvalue weighted by Crippen LogP contribution is -2.19. The summed E-state index contributed by atoms with van der Waals surface area (Å²) in [6, 6.07) is 19.5. The number of hydrogen-bond acceptors (Lipinski definition) is 6. The molecule has 1 fully saturated rings. The molecular formula is C29H30N6O. The van der Waals surface area contributed by atoms with Crippen molar-refractivity contribution in [3.05, 3.63) is 95.9 Å². The average molecular weight is 479 g/mol. The van der Waals surface area contributed by atoms with Gasteiger partial charge in [-0.05, 0) is 85.9 Å². The van der Waals surface area contributed by atoms with Gasteiger partial charge in [0.15, 0.2) is 0 Å². The van der Waals surface area contributed by atoms with E-state index in [1.807, 2.05) is 55.5 Å². The zero-order chi connectivity index (χ0) is 24.9. The van der Waals surface area contributed by atoms with Crippen LogP contribution in [0, 0.1) is 6.92 Å². The number of rotatable bonds is 7. The third-order valence-corrected chi connectivity index (χ3v) is 6.72. The smallest absolute Gasteiger partial charge is 0.255 e. The second kappa shape index (κ2) is 10.7. The fourth-order valence-corrected chi connectivity index (χ4v) is 4.55. The zero-order valence-electron chi connectivity index (χ0n) is 20.6. The number of aromatic nitrogens is 3. The van der Waals surface area contributed by atoms with Crippen LogP contribution in [0.25, 0.3) is 11.3 Å². The normalized spacial score (nSPS) is 15.6. The predicted octanol–water partition coefficient (Wildman–Crippen LogP) is 5.65. The molecule has 4 aromatic rings. The van der Waals surface area contributed by atoms with Gasteiger partial charge in [-0.1, -0.05) is 25.1 Å². The standard InChI is InChI=1S/C29H30N6O/c1-3-35-16-13-24(19-35)21-8-10-25(11-9-21)32-28(36)22-7-6-20(2)27(17-22)34-29-31-15-12-26(33-29)23-5-4-14-30-18-23/h4-12,14-15,17-18,24H,3,13,16,19H2,1-2H3,(H,32,36)(H,31,33,34). The van der Waals surface area contributed by atoms with Crippen molar-refractivity contribution in [3.63, 3.8) is 0 Å². The Bertz CT molecular complexity index is 1340. The van der Waals surface area contributed by atoms with Gasteiger partial charge in [0, 0.05) is 47.6 Å². The summed E-state index contributed by atoms with van der Waals surface area (Å²) in [7, 11) is 0. The molecule has 2 N–H and O–H groups in total. The van der Waals surface area contributed by atoms with Gasteiger partial charge in [-0.15, -0.1) is 0 Å². The molecule has 0 saturated carbocycles. The number of hydrogen-bond donors (Lipinski definition) is 2. The first-order valence-corrected chi connectivity index (χ1v) is 12.3. The number of nitrogens with zero attached hydrogens (tertiary/aromatic N) is 4. The van der Waals surface area contributed by atoms with Crippen LogP contribution in [0.15, 0.2) is 79.3 Å². The van der Waals surface area contributed by atoms with Gasteiger partial charge >= 0.3 is 0 Å². The van der Waals surface area contributed by atoms with Crippen LogP contribution in [0.2, 0.25) is 0 Å². The number of likely N-dealkylation sites (tertiary alicyclic amines) is 1. The SMILES string of the molecule is CCN1CCC(c2ccc(NC(=O)c3ccc(C)c(Nc4nccc(-c5cccnc5)n4)c3)cc2)C1. The first-order valence-electron chi connectivity index (χ1n) is 12.3. The Hall–Kier alpha value is -4.10. The Morgan fingerprint density at radius 2 is 1.94 bits per heavy atom. The molecule has 1 aliphatic heterocycles. The van der Waals surface area contributed by atoms with Crippen LogP contribution in [0.1, 0.15) is 40.7 Å². The van der Waals surface area contributed by atoms with Crippen LogP contribution in [0.5, 0.6) is 0 Å². The zero-order valence-corrected chi connectivity index (χ0v) is 20.6. The number of carbonyl (C=O) groups is 1. The maximum Gasteiger partial charge on any atom is 0.255 e. The van der Waals surface area contributed by atoms with Gasteiger partial charge in [0.1, 0.15) is 0 Å². The third-order valence-electron chi connectivity index (χ3n) is 6.72. The van der Waals surface area contributed by atoms with E-state index >= 15 is 0 Å². The van der Waals surface area contributed by atoms with Gasteiger partial charge in [-0.3, -0.25) is 9.78 Å². The summed E-state index contributed by atoms with van der Waals surface area (Å²) in [6.07, 6.45) is 6.39. The molecule has 36 heavy (non-hydrogen) atoms. The van der Waals surface area contributed by atoms with Crippen LogP contribution in [0.4, 0.5) is 17.3 Å². The molecule has 1 amide bonds. The minimum Gasteiger partial charge on any atom is -0.324 e. The second-order valence-corrected chi connectivity index (χ2v) is 9.12. The highest BCUT2D eigenvalue weighted by molar-refractivity contribution is 6.05. The summed E-state index contributed by atoms with van der Waals surface area (Å²) in [4.78, 5) is 28.6. The Labute approximate surface area is 211 Å². The Morgan fingerprint density at radius 1 is 1.08 bits per heavy atom. The van der Waals surface area contributed by atoms with Crippen LogP contribution < -0.4 is 10.6 Å². The van der Waals surface area contributed by atoms with Crippen LogP contribution in [-0.4, -0.2) is 45.4 Å². The highest BCUT2D eigenvalue weighted by Crippen LogP contribution is 2.28. The quantitative estimate of drug-likeness (QED) is 0.357. The fraction of sp³-hybridized carbons (Fsp3) is 0.241.